The van der Waals surface area contributed by atoms with Gasteiger partial charge in [0.15, 0.2) is 0 Å². The molecular formula is C28H21NO5. The Hall–Kier alpha value is -3.71. The number of hydrogen-bond donors (Lipinski definition) is 0. The number of carbonyl (C=O) groups is 1. The van der Waals surface area contributed by atoms with Crippen molar-refractivity contribution >= 4 is 34.7 Å². The molecule has 3 aromatic carbocycles. The lowest BCUT2D eigenvalue weighted by atomic mass is 9.86. The normalized spacial score (nSPS) is 19.1. The minimum atomic E-state index is -1.35. The lowest BCUT2D eigenvalue weighted by Crippen LogP contribution is -2.47. The highest BCUT2D eigenvalue weighted by atomic mass is 17.4. The number of hydrogen-bond acceptors (Lipinski definition) is 6. The Kier molecular flexibility index (Phi) is 4.29. The van der Waals surface area contributed by atoms with Gasteiger partial charge >= 0.3 is 5.91 Å². The number of Topliss-reactive ketones (excluding diaryl/α,β-unsaturated/α-hetero) is 1. The molecule has 0 spiro atoms. The summed E-state index contributed by atoms with van der Waals surface area (Å²) >= 11 is 0. The highest BCUT2D eigenvalue weighted by Gasteiger charge is 2.62. The summed E-state index contributed by atoms with van der Waals surface area (Å²) in [6, 6.07) is 22.2. The van der Waals surface area contributed by atoms with Crippen LogP contribution in [0.5, 0.6) is 0 Å². The maximum atomic E-state index is 13.3. The van der Waals surface area contributed by atoms with Crippen molar-refractivity contribution in [1.29, 1.82) is 0 Å². The fourth-order valence-electron chi connectivity index (χ4n) is 5.15. The second-order valence-corrected chi connectivity index (χ2v) is 8.88. The summed E-state index contributed by atoms with van der Waals surface area (Å²) in [6.45, 7) is 1.32. The third kappa shape index (κ3) is 2.97. The van der Waals surface area contributed by atoms with E-state index in [1.807, 2.05) is 4.90 Å². The maximum absolute atomic E-state index is 13.3. The fourth-order valence-corrected chi connectivity index (χ4v) is 5.15. The topological polar surface area (TPSA) is 71.7 Å². The number of piperidine rings is 1. The van der Waals surface area contributed by atoms with Gasteiger partial charge in [0.2, 0.25) is 16.9 Å². The molecule has 2 saturated heterocycles. The molecular weight excluding hydrogens is 430 g/mol. The first-order valence-corrected chi connectivity index (χ1v) is 11.5. The van der Waals surface area contributed by atoms with Gasteiger partial charge in [0.25, 0.3) is 0 Å². The lowest BCUT2D eigenvalue weighted by Gasteiger charge is -2.31. The van der Waals surface area contributed by atoms with Gasteiger partial charge in [-0.05, 0) is 52.8 Å². The average molecular weight is 451 g/mol. The Morgan fingerprint density at radius 3 is 1.94 bits per heavy atom. The number of likely N-dealkylation sites (tertiary alicyclic amines) is 1. The molecule has 0 N–H and O–H groups in total. The summed E-state index contributed by atoms with van der Waals surface area (Å²) in [5.74, 6) is -1.58. The Balaban J connectivity index is 1.21. The van der Waals surface area contributed by atoms with Crippen LogP contribution in [-0.2, 0) is 9.78 Å². The van der Waals surface area contributed by atoms with Gasteiger partial charge in [0, 0.05) is 24.7 Å². The van der Waals surface area contributed by atoms with Crippen LogP contribution in [0, 0.1) is 0 Å². The van der Waals surface area contributed by atoms with Crippen LogP contribution in [0.1, 0.15) is 45.5 Å². The summed E-state index contributed by atoms with van der Waals surface area (Å²) in [5, 5.41) is 0. The van der Waals surface area contributed by atoms with E-state index in [-0.39, 0.29) is 5.78 Å². The molecule has 0 saturated carbocycles. The van der Waals surface area contributed by atoms with Gasteiger partial charge < -0.3 is 0 Å². The lowest BCUT2D eigenvalue weighted by molar-refractivity contribution is 0.0453. The van der Waals surface area contributed by atoms with Crippen molar-refractivity contribution in [2.75, 3.05) is 13.1 Å². The number of carbonyl (C=O) groups excluding carboxylic acids is 1. The second-order valence-electron chi connectivity index (χ2n) is 8.88. The number of benzene rings is 3. The molecule has 3 heterocycles. The molecule has 168 valence electrons. The molecule has 0 unspecified atom stereocenters. The molecule has 0 amide bonds. The number of ketones is 1. The molecule has 0 bridgehead atoms. The predicted molar refractivity (Wildman–Crippen MR) is 126 cm³/mol. The number of fused-ring (bicyclic) bond motifs is 3. The van der Waals surface area contributed by atoms with Crippen LogP contribution in [0.15, 0.2) is 81.5 Å². The summed E-state index contributed by atoms with van der Waals surface area (Å²) in [5.41, 5.74) is 9.27. The summed E-state index contributed by atoms with van der Waals surface area (Å²) in [7, 11) is 0. The van der Waals surface area contributed by atoms with Crippen molar-refractivity contribution in [3.63, 3.8) is 0 Å². The van der Waals surface area contributed by atoms with E-state index in [1.165, 1.54) is 33.4 Å². The molecule has 0 radical (unpaired) electrons. The van der Waals surface area contributed by atoms with E-state index in [0.717, 1.165) is 12.8 Å². The van der Waals surface area contributed by atoms with Crippen LogP contribution in [0.3, 0.4) is 0 Å². The first kappa shape index (κ1) is 19.7. The monoisotopic (exact) mass is 451 g/mol. The van der Waals surface area contributed by atoms with Crippen molar-refractivity contribution in [3.05, 3.63) is 100 Å². The van der Waals surface area contributed by atoms with Crippen LogP contribution in [0.2, 0.25) is 0 Å². The Bertz CT molecular complexity index is 1440. The molecule has 2 fully saturated rings. The number of rotatable bonds is 3. The van der Waals surface area contributed by atoms with Crippen LogP contribution >= 0.6 is 0 Å². The molecule has 0 atom stereocenters. The summed E-state index contributed by atoms with van der Waals surface area (Å²) in [4.78, 5) is 25.9. The zero-order valence-corrected chi connectivity index (χ0v) is 18.3. The van der Waals surface area contributed by atoms with Gasteiger partial charge in [0.05, 0.1) is 0 Å². The van der Waals surface area contributed by atoms with E-state index in [2.05, 4.69) is 60.7 Å². The summed E-state index contributed by atoms with van der Waals surface area (Å²) < 4.78 is 9.80. The van der Waals surface area contributed by atoms with Crippen LogP contribution in [0.25, 0.3) is 28.9 Å². The molecule has 3 aliphatic rings. The Morgan fingerprint density at radius 2 is 1.38 bits per heavy atom. The van der Waals surface area contributed by atoms with Gasteiger partial charge in [0.1, 0.15) is 0 Å². The molecule has 4 aromatic rings. The maximum Gasteiger partial charge on any atom is 0.353 e. The highest BCUT2D eigenvalue weighted by molar-refractivity contribution is 6.03. The molecule has 6 nitrogen and oxygen atoms in total. The summed E-state index contributed by atoms with van der Waals surface area (Å²) in [6.07, 6.45) is 6.03. The zero-order valence-electron chi connectivity index (χ0n) is 18.3. The Labute approximate surface area is 195 Å². The zero-order chi connectivity index (χ0) is 22.7. The second kappa shape index (κ2) is 7.40. The molecule has 7 rings (SSSR count). The first-order chi connectivity index (χ1) is 16.7. The third-order valence-corrected chi connectivity index (χ3v) is 6.99. The highest BCUT2D eigenvalue weighted by Crippen LogP contribution is 2.43. The van der Waals surface area contributed by atoms with Gasteiger partial charge in [-0.3, -0.25) is 13.9 Å². The van der Waals surface area contributed by atoms with E-state index in [9.17, 15) is 4.79 Å². The average Bonchev–Trinajstić information content (AvgIpc) is 3.68. The minimum absolute atomic E-state index is 0.226. The van der Waals surface area contributed by atoms with E-state index in [0.29, 0.717) is 29.8 Å². The molecule has 6 heteroatoms. The van der Waals surface area contributed by atoms with E-state index in [4.69, 9.17) is 18.9 Å². The quantitative estimate of drug-likeness (QED) is 0.193. The molecule has 34 heavy (non-hydrogen) atoms. The largest absolute Gasteiger partial charge is 0.353 e. The predicted octanol–water partition coefficient (Wildman–Crippen LogP) is 5.91. The van der Waals surface area contributed by atoms with Gasteiger partial charge in [-0.2, -0.15) is 9.78 Å². The van der Waals surface area contributed by atoms with Crippen molar-refractivity contribution in [1.82, 2.24) is 4.90 Å². The van der Waals surface area contributed by atoms with Crippen LogP contribution in [0.4, 0.5) is 0 Å². The van der Waals surface area contributed by atoms with Gasteiger partial charge in [-0.25, -0.2) is 4.90 Å². The SMILES string of the molecule is O=C(c1ccc2ooc2c1)C1(N2CCC(=C3c4ccccc4C=Cc4ccccc43)CC2)OO1. The van der Waals surface area contributed by atoms with E-state index >= 15 is 0 Å². The van der Waals surface area contributed by atoms with E-state index in [1.54, 1.807) is 18.2 Å². The van der Waals surface area contributed by atoms with Crippen molar-refractivity contribution in [2.24, 2.45) is 0 Å². The minimum Gasteiger partial charge on any atom is -0.286 e. The molecule has 1 aromatic heterocycles. The molecule has 2 aliphatic heterocycles. The third-order valence-electron chi connectivity index (χ3n) is 6.99. The van der Waals surface area contributed by atoms with Crippen LogP contribution < -0.4 is 0 Å². The van der Waals surface area contributed by atoms with Gasteiger partial charge in [-0.1, -0.05) is 66.3 Å². The molecule has 1 aliphatic carbocycles. The standard InChI is InChI=1S/C28H21NO5/c30-27(21-11-12-24-25(17-21)32-31-24)28(33-34-28)29-15-13-20(14-16-29)26-22-7-3-1-5-18(22)9-10-19-6-2-4-8-23(19)26/h1-12,17H,13-16H2. The van der Waals surface area contributed by atoms with Crippen molar-refractivity contribution in [3.8, 4) is 0 Å². The fraction of sp³-hybridized carbons (Fsp3) is 0.179. The first-order valence-electron chi connectivity index (χ1n) is 11.5. The number of nitrogens with zero attached hydrogens (tertiary/aromatic N) is 1. The smallest absolute Gasteiger partial charge is 0.286 e. The van der Waals surface area contributed by atoms with Gasteiger partial charge in [-0.15, -0.1) is 0 Å². The van der Waals surface area contributed by atoms with E-state index < -0.39 is 5.91 Å². The Morgan fingerprint density at radius 1 is 0.765 bits per heavy atom. The van der Waals surface area contributed by atoms with Crippen molar-refractivity contribution in [2.45, 2.75) is 18.8 Å². The van der Waals surface area contributed by atoms with Crippen LogP contribution in [-0.4, -0.2) is 29.7 Å². The van der Waals surface area contributed by atoms with Crippen molar-refractivity contribution < 1.29 is 23.7 Å².